The molecule has 0 spiro atoms. The molecule has 31 heavy (non-hydrogen) atoms. The van der Waals surface area contributed by atoms with Crippen molar-refractivity contribution in [3.05, 3.63) is 71.3 Å². The second kappa shape index (κ2) is 7.92. The molecule has 0 N–H and O–H groups in total. The lowest BCUT2D eigenvalue weighted by atomic mass is 10.0. The number of nitrogens with zero attached hydrogens (tertiary/aromatic N) is 3. The maximum Gasteiger partial charge on any atom is 0.473 e. The van der Waals surface area contributed by atoms with Gasteiger partial charge in [0.2, 0.25) is 0 Å². The number of ether oxygens (including phenoxy) is 1. The molecule has 1 unspecified atom stereocenters. The Hall–Kier alpha value is -3.01. The molecule has 1 amide bonds. The van der Waals surface area contributed by atoms with Gasteiger partial charge in [-0.15, -0.1) is 4.79 Å². The third-order valence-electron chi connectivity index (χ3n) is 4.91. The molecule has 1 aliphatic heterocycles. The van der Waals surface area contributed by atoms with Gasteiger partial charge in [0.05, 0.1) is 23.1 Å². The minimum atomic E-state index is -4.53. The first-order chi connectivity index (χ1) is 14.4. The number of benzene rings is 2. The standard InChI is InChI=1S/C20H18F3N3O4S/c1-19(2)26(16(12-30-19)13-8-10-14(11-9-13)20(21,22)23)18(27)17(25-24)31(28,29)15-6-4-3-5-7-15/h3-11,16H,12H2,1-2H3. The maximum absolute atomic E-state index is 13.2. The van der Waals surface area contributed by atoms with E-state index in [0.717, 1.165) is 17.0 Å². The van der Waals surface area contributed by atoms with Gasteiger partial charge in [-0.1, -0.05) is 30.3 Å². The van der Waals surface area contributed by atoms with E-state index >= 15 is 0 Å². The van der Waals surface area contributed by atoms with E-state index in [0.29, 0.717) is 5.56 Å². The zero-order valence-corrected chi connectivity index (χ0v) is 17.3. The summed E-state index contributed by atoms with van der Waals surface area (Å²) in [5, 5.41) is -1.12. The van der Waals surface area contributed by atoms with Gasteiger partial charge in [0.1, 0.15) is 5.72 Å². The van der Waals surface area contributed by atoms with Gasteiger partial charge in [0.25, 0.3) is 9.84 Å². The quantitative estimate of drug-likeness (QED) is 0.301. The number of halogens is 3. The second-order valence-corrected chi connectivity index (χ2v) is 9.16. The fourth-order valence-electron chi connectivity index (χ4n) is 3.35. The SMILES string of the molecule is CC1(C)OCC(c2ccc(C(F)(F)F)cc2)N1C(=O)C(=[N+]=[N-])S(=O)(=O)c1ccccc1. The van der Waals surface area contributed by atoms with E-state index in [4.69, 9.17) is 4.74 Å². The number of amides is 1. The van der Waals surface area contributed by atoms with E-state index in [2.05, 4.69) is 4.79 Å². The van der Waals surface area contributed by atoms with Gasteiger partial charge in [-0.3, -0.25) is 9.69 Å². The zero-order chi connectivity index (χ0) is 23.0. The molecule has 1 heterocycles. The molecular formula is C20H18F3N3O4S. The first-order valence-electron chi connectivity index (χ1n) is 9.06. The van der Waals surface area contributed by atoms with Crippen LogP contribution in [0.1, 0.15) is 31.0 Å². The van der Waals surface area contributed by atoms with Crippen LogP contribution in [0.25, 0.3) is 5.53 Å². The van der Waals surface area contributed by atoms with Crippen molar-refractivity contribution in [3.8, 4) is 0 Å². The Bertz CT molecular complexity index is 1140. The molecule has 2 aromatic rings. The highest BCUT2D eigenvalue weighted by molar-refractivity contribution is 8.08. The number of alkyl halides is 3. The van der Waals surface area contributed by atoms with E-state index in [1.165, 1.54) is 50.2 Å². The van der Waals surface area contributed by atoms with Crippen LogP contribution in [0, 0.1) is 0 Å². The number of carbonyl (C=O) groups excluding carboxylic acids is 1. The largest absolute Gasteiger partial charge is 0.473 e. The number of sulfone groups is 1. The van der Waals surface area contributed by atoms with Gasteiger partial charge in [-0.05, 0) is 43.7 Å². The molecule has 7 nitrogen and oxygen atoms in total. The van der Waals surface area contributed by atoms with E-state index in [1.807, 2.05) is 0 Å². The molecule has 0 aliphatic carbocycles. The molecule has 2 aromatic carbocycles. The fourth-order valence-corrected chi connectivity index (χ4v) is 4.53. The van der Waals surface area contributed by atoms with Gasteiger partial charge >= 0.3 is 17.1 Å². The highest BCUT2D eigenvalue weighted by Gasteiger charge is 2.51. The summed E-state index contributed by atoms with van der Waals surface area (Å²) in [6.45, 7) is 2.91. The number of rotatable bonds is 2. The topological polar surface area (TPSA) is 100 Å². The van der Waals surface area contributed by atoms with Crippen LogP contribution < -0.4 is 0 Å². The second-order valence-electron chi connectivity index (χ2n) is 7.29. The van der Waals surface area contributed by atoms with Crippen molar-refractivity contribution in [1.82, 2.24) is 4.90 Å². The van der Waals surface area contributed by atoms with Crippen molar-refractivity contribution in [3.63, 3.8) is 0 Å². The predicted molar refractivity (Wildman–Crippen MR) is 103 cm³/mol. The average molecular weight is 453 g/mol. The fraction of sp³-hybridized carbons (Fsp3) is 0.300. The highest BCUT2D eigenvalue weighted by atomic mass is 32.2. The Morgan fingerprint density at radius 1 is 1.13 bits per heavy atom. The van der Waals surface area contributed by atoms with Gasteiger partial charge in [0.15, 0.2) is 0 Å². The summed E-state index contributed by atoms with van der Waals surface area (Å²) in [5.41, 5.74) is 7.53. The Balaban J connectivity index is 2.01. The Kier molecular flexibility index (Phi) is 5.79. The summed E-state index contributed by atoms with van der Waals surface area (Å²) in [6.07, 6.45) is -4.53. The van der Waals surface area contributed by atoms with Gasteiger partial charge in [0, 0.05) is 0 Å². The molecule has 0 bridgehead atoms. The van der Waals surface area contributed by atoms with Crippen molar-refractivity contribution in [1.29, 1.82) is 0 Å². The summed E-state index contributed by atoms with van der Waals surface area (Å²) < 4.78 is 69.9. The molecule has 3 rings (SSSR count). The molecule has 1 atom stereocenters. The van der Waals surface area contributed by atoms with Crippen LogP contribution in [-0.2, 0) is 25.5 Å². The van der Waals surface area contributed by atoms with Crippen LogP contribution >= 0.6 is 0 Å². The Morgan fingerprint density at radius 2 is 1.71 bits per heavy atom. The van der Waals surface area contributed by atoms with Crippen LogP contribution in [0.2, 0.25) is 0 Å². The van der Waals surface area contributed by atoms with Crippen molar-refractivity contribution in [2.75, 3.05) is 6.61 Å². The molecule has 164 valence electrons. The van der Waals surface area contributed by atoms with E-state index in [1.54, 1.807) is 6.07 Å². The number of carbonyl (C=O) groups is 1. The molecule has 0 radical (unpaired) electrons. The van der Waals surface area contributed by atoms with Crippen LogP contribution in [0.15, 0.2) is 59.5 Å². The summed E-state index contributed by atoms with van der Waals surface area (Å²) >= 11 is 0. The van der Waals surface area contributed by atoms with Crippen molar-refractivity contribution < 1.29 is 35.9 Å². The monoisotopic (exact) mass is 453 g/mol. The lowest BCUT2D eigenvalue weighted by Gasteiger charge is -2.32. The number of hydrogen-bond acceptors (Lipinski definition) is 4. The minimum absolute atomic E-state index is 0.0891. The molecule has 0 aromatic heterocycles. The summed E-state index contributed by atoms with van der Waals surface area (Å²) in [7, 11) is -4.47. The van der Waals surface area contributed by atoms with E-state index in [9.17, 15) is 31.9 Å². The van der Waals surface area contributed by atoms with Crippen molar-refractivity contribution in [2.24, 2.45) is 0 Å². The van der Waals surface area contributed by atoms with Crippen molar-refractivity contribution >= 4 is 20.8 Å². The molecule has 11 heteroatoms. The summed E-state index contributed by atoms with van der Waals surface area (Å²) in [6, 6.07) is 10.2. The van der Waals surface area contributed by atoms with Crippen molar-refractivity contribution in [2.45, 2.75) is 36.7 Å². The summed E-state index contributed by atoms with van der Waals surface area (Å²) in [4.78, 5) is 16.8. The molecular weight excluding hydrogens is 435 g/mol. The Labute approximate surface area is 176 Å². The van der Waals surface area contributed by atoms with Crippen LogP contribution in [-0.4, -0.2) is 41.4 Å². The van der Waals surface area contributed by atoms with Crippen LogP contribution in [0.4, 0.5) is 13.2 Å². The minimum Gasteiger partial charge on any atom is -0.360 e. The Morgan fingerprint density at radius 3 is 2.23 bits per heavy atom. The molecule has 1 saturated heterocycles. The summed E-state index contributed by atoms with van der Waals surface area (Å²) in [5.74, 6) is -1.14. The first-order valence-corrected chi connectivity index (χ1v) is 10.5. The maximum atomic E-state index is 13.2. The molecule has 0 saturated carbocycles. The molecule has 1 fully saturated rings. The van der Waals surface area contributed by atoms with Gasteiger partial charge < -0.3 is 10.3 Å². The van der Waals surface area contributed by atoms with Crippen LogP contribution in [0.3, 0.4) is 0 Å². The number of hydrogen-bond donors (Lipinski definition) is 0. The van der Waals surface area contributed by atoms with Gasteiger partial charge in [-0.2, -0.15) is 13.2 Å². The predicted octanol–water partition coefficient (Wildman–Crippen LogP) is 3.44. The lowest BCUT2D eigenvalue weighted by molar-refractivity contribution is -0.142. The first kappa shape index (κ1) is 22.7. The smallest absolute Gasteiger partial charge is 0.360 e. The van der Waals surface area contributed by atoms with E-state index < -0.39 is 44.3 Å². The zero-order valence-electron chi connectivity index (χ0n) is 16.5. The van der Waals surface area contributed by atoms with Crippen LogP contribution in [0.5, 0.6) is 0 Å². The molecule has 1 aliphatic rings. The van der Waals surface area contributed by atoms with E-state index in [-0.39, 0.29) is 11.5 Å². The van der Waals surface area contributed by atoms with Gasteiger partial charge in [-0.25, -0.2) is 8.42 Å². The lowest BCUT2D eigenvalue weighted by Crippen LogP contribution is -2.49. The third-order valence-corrected chi connectivity index (χ3v) is 6.57. The highest BCUT2D eigenvalue weighted by Crippen LogP contribution is 2.38. The third kappa shape index (κ3) is 4.25. The normalized spacial score (nSPS) is 18.5. The average Bonchev–Trinajstić information content (AvgIpc) is 3.03.